The van der Waals surface area contributed by atoms with E-state index in [4.69, 9.17) is 9.47 Å². The van der Waals surface area contributed by atoms with Crippen molar-refractivity contribution in [3.05, 3.63) is 53.9 Å². The van der Waals surface area contributed by atoms with Crippen LogP contribution in [0.15, 0.2) is 47.4 Å². The van der Waals surface area contributed by atoms with Crippen LogP contribution in [0, 0.1) is 0 Å². The van der Waals surface area contributed by atoms with Crippen LogP contribution < -0.4 is 4.74 Å². The summed E-state index contributed by atoms with van der Waals surface area (Å²) >= 11 is 0. The number of hydrogen-bond donors (Lipinski definition) is 0. The van der Waals surface area contributed by atoms with Gasteiger partial charge in [-0.25, -0.2) is 18.2 Å². The molecule has 33 heavy (non-hydrogen) atoms. The summed E-state index contributed by atoms with van der Waals surface area (Å²) in [7, 11) is -0.618. The number of benzene rings is 2. The van der Waals surface area contributed by atoms with Gasteiger partial charge < -0.3 is 18.8 Å². The van der Waals surface area contributed by atoms with Crippen molar-refractivity contribution in [2.45, 2.75) is 11.3 Å². The normalized spacial score (nSPS) is 14.8. The molecule has 11 heteroatoms. The van der Waals surface area contributed by atoms with Gasteiger partial charge in [-0.05, 0) is 42.5 Å². The Bertz CT molecular complexity index is 1290. The molecule has 0 unspecified atom stereocenters. The number of esters is 2. The number of aromatic nitrogens is 2. The van der Waals surface area contributed by atoms with E-state index in [0.29, 0.717) is 48.7 Å². The quantitative estimate of drug-likeness (QED) is 0.391. The number of fused-ring (bicyclic) bond motifs is 1. The third kappa shape index (κ3) is 4.75. The lowest BCUT2D eigenvalue weighted by Crippen LogP contribution is -2.40. The molecule has 0 bridgehead atoms. The number of aryl methyl sites for hydroxylation is 1. The molecular weight excluding hydrogens is 450 g/mol. The van der Waals surface area contributed by atoms with Gasteiger partial charge in [-0.1, -0.05) is 0 Å². The average molecular weight is 474 g/mol. The van der Waals surface area contributed by atoms with Crippen LogP contribution in [-0.4, -0.2) is 67.6 Å². The molecule has 4 rings (SSSR count). The number of ether oxygens (including phenoxy) is 3. The molecule has 0 saturated carbocycles. The molecular formula is C22H23N3O7S. The van der Waals surface area contributed by atoms with Crippen molar-refractivity contribution in [2.24, 2.45) is 7.05 Å². The maximum Gasteiger partial charge on any atom is 0.337 e. The third-order valence-electron chi connectivity index (χ3n) is 5.36. The van der Waals surface area contributed by atoms with Crippen LogP contribution >= 0.6 is 0 Å². The molecule has 174 valence electrons. The fourth-order valence-corrected chi connectivity index (χ4v) is 4.99. The van der Waals surface area contributed by atoms with E-state index in [1.54, 1.807) is 23.7 Å². The van der Waals surface area contributed by atoms with Gasteiger partial charge in [-0.15, -0.1) is 0 Å². The number of sulfonamides is 1. The zero-order chi connectivity index (χ0) is 23.6. The van der Waals surface area contributed by atoms with E-state index in [9.17, 15) is 18.0 Å². The lowest BCUT2D eigenvalue weighted by atomic mass is 10.2. The van der Waals surface area contributed by atoms with Crippen LogP contribution in [0.25, 0.3) is 11.0 Å². The molecule has 2 aromatic carbocycles. The number of morpholine rings is 1. The highest BCUT2D eigenvalue weighted by Gasteiger charge is 2.27. The van der Waals surface area contributed by atoms with Gasteiger partial charge in [0.15, 0.2) is 0 Å². The summed E-state index contributed by atoms with van der Waals surface area (Å²) < 4.78 is 44.2. The number of imidazole rings is 1. The van der Waals surface area contributed by atoms with Crippen molar-refractivity contribution >= 4 is 33.0 Å². The Labute approximate surface area is 190 Å². The topological polar surface area (TPSA) is 117 Å². The molecule has 10 nitrogen and oxygen atoms in total. The first kappa shape index (κ1) is 22.9. The Morgan fingerprint density at radius 2 is 1.79 bits per heavy atom. The summed E-state index contributed by atoms with van der Waals surface area (Å²) in [6.45, 7) is 1.34. The zero-order valence-corrected chi connectivity index (χ0v) is 19.0. The van der Waals surface area contributed by atoms with E-state index in [0.717, 1.165) is 0 Å². The standard InChI is InChI=1S/C22H23N3O7S/c1-24-19-8-7-17(33(28,29)25-9-11-31-12-10-25)13-18(19)23-20(24)14-21(26)32-16-5-3-15(4-6-16)22(27)30-2/h3-8,13H,9-12,14H2,1-2H3. The predicted molar refractivity (Wildman–Crippen MR) is 117 cm³/mol. The summed E-state index contributed by atoms with van der Waals surface area (Å²) in [5.41, 5.74) is 1.51. The molecule has 1 aromatic heterocycles. The van der Waals surface area contributed by atoms with E-state index in [1.807, 2.05) is 0 Å². The largest absolute Gasteiger partial charge is 0.465 e. The van der Waals surface area contributed by atoms with E-state index >= 15 is 0 Å². The first-order chi connectivity index (χ1) is 15.8. The zero-order valence-electron chi connectivity index (χ0n) is 18.2. The summed E-state index contributed by atoms with van der Waals surface area (Å²) in [6.07, 6.45) is -0.116. The monoisotopic (exact) mass is 473 g/mol. The van der Waals surface area contributed by atoms with Crippen LogP contribution in [0.1, 0.15) is 16.2 Å². The molecule has 0 amide bonds. The van der Waals surface area contributed by atoms with Crippen LogP contribution in [0.4, 0.5) is 0 Å². The van der Waals surface area contributed by atoms with Crippen LogP contribution in [0.3, 0.4) is 0 Å². The molecule has 2 heterocycles. The lowest BCUT2D eigenvalue weighted by molar-refractivity contribution is -0.133. The Morgan fingerprint density at radius 1 is 1.09 bits per heavy atom. The van der Waals surface area contributed by atoms with Crippen LogP contribution in [-0.2, 0) is 37.8 Å². The predicted octanol–water partition coefficient (Wildman–Crippen LogP) is 1.53. The van der Waals surface area contributed by atoms with Gasteiger partial charge >= 0.3 is 11.9 Å². The third-order valence-corrected chi connectivity index (χ3v) is 7.26. The molecule has 1 fully saturated rings. The van der Waals surface area contributed by atoms with Crippen molar-refractivity contribution in [1.82, 2.24) is 13.9 Å². The Kier molecular flexibility index (Phi) is 6.45. The van der Waals surface area contributed by atoms with E-state index in [1.165, 1.54) is 41.7 Å². The number of carbonyl (C=O) groups excluding carboxylic acids is 2. The van der Waals surface area contributed by atoms with Crippen molar-refractivity contribution in [3.8, 4) is 5.75 Å². The van der Waals surface area contributed by atoms with Crippen LogP contribution in [0.5, 0.6) is 5.75 Å². The highest BCUT2D eigenvalue weighted by molar-refractivity contribution is 7.89. The van der Waals surface area contributed by atoms with Crippen molar-refractivity contribution < 1.29 is 32.2 Å². The number of rotatable bonds is 6. The molecule has 1 aliphatic rings. The van der Waals surface area contributed by atoms with E-state index in [-0.39, 0.29) is 17.1 Å². The molecule has 0 spiro atoms. The molecule has 0 N–H and O–H groups in total. The fourth-order valence-electron chi connectivity index (χ4n) is 3.56. The Balaban J connectivity index is 1.50. The minimum absolute atomic E-state index is 0.116. The number of carbonyl (C=O) groups is 2. The summed E-state index contributed by atoms with van der Waals surface area (Å²) in [5.74, 6) is -0.310. The lowest BCUT2D eigenvalue weighted by Gasteiger charge is -2.26. The van der Waals surface area contributed by atoms with E-state index in [2.05, 4.69) is 9.72 Å². The molecule has 1 saturated heterocycles. The molecule has 0 atom stereocenters. The second kappa shape index (κ2) is 9.30. The Morgan fingerprint density at radius 3 is 2.45 bits per heavy atom. The van der Waals surface area contributed by atoms with Gasteiger partial charge in [-0.2, -0.15) is 4.31 Å². The molecule has 0 aliphatic carbocycles. The number of methoxy groups -OCH3 is 1. The van der Waals surface area contributed by atoms with Crippen molar-refractivity contribution in [1.29, 1.82) is 0 Å². The smallest absolute Gasteiger partial charge is 0.337 e. The van der Waals surface area contributed by atoms with Gasteiger partial charge in [-0.3, -0.25) is 4.79 Å². The van der Waals surface area contributed by atoms with Crippen LogP contribution in [0.2, 0.25) is 0 Å². The summed E-state index contributed by atoms with van der Waals surface area (Å²) in [6, 6.07) is 10.7. The maximum absolute atomic E-state index is 12.9. The summed E-state index contributed by atoms with van der Waals surface area (Å²) in [5, 5.41) is 0. The van der Waals surface area contributed by atoms with Gasteiger partial charge in [0.2, 0.25) is 10.0 Å². The first-order valence-corrected chi connectivity index (χ1v) is 11.7. The van der Waals surface area contributed by atoms with Crippen molar-refractivity contribution in [3.63, 3.8) is 0 Å². The maximum atomic E-state index is 12.9. The second-order valence-corrected chi connectivity index (χ2v) is 9.36. The second-order valence-electron chi connectivity index (χ2n) is 7.42. The van der Waals surface area contributed by atoms with Gasteiger partial charge in [0.25, 0.3) is 0 Å². The van der Waals surface area contributed by atoms with Crippen molar-refractivity contribution in [2.75, 3.05) is 33.4 Å². The number of hydrogen-bond acceptors (Lipinski definition) is 8. The first-order valence-electron chi connectivity index (χ1n) is 10.2. The molecule has 0 radical (unpaired) electrons. The van der Waals surface area contributed by atoms with Gasteiger partial charge in [0.05, 0.1) is 41.8 Å². The number of nitrogens with zero attached hydrogens (tertiary/aromatic N) is 3. The molecule has 1 aliphatic heterocycles. The fraction of sp³-hybridized carbons (Fsp3) is 0.318. The van der Waals surface area contributed by atoms with Gasteiger partial charge in [0.1, 0.15) is 18.0 Å². The Hall–Kier alpha value is -3.28. The summed E-state index contributed by atoms with van der Waals surface area (Å²) in [4.78, 5) is 28.5. The average Bonchev–Trinajstić information content (AvgIpc) is 3.13. The minimum atomic E-state index is -3.65. The van der Waals surface area contributed by atoms with Gasteiger partial charge in [0, 0.05) is 20.1 Å². The van der Waals surface area contributed by atoms with E-state index < -0.39 is 22.0 Å². The highest BCUT2D eigenvalue weighted by atomic mass is 32.2. The molecule has 3 aromatic rings. The highest BCUT2D eigenvalue weighted by Crippen LogP contribution is 2.23. The SMILES string of the molecule is COC(=O)c1ccc(OC(=O)Cc2nc3cc(S(=O)(=O)N4CCOCC4)ccc3n2C)cc1. The minimum Gasteiger partial charge on any atom is -0.465 e.